The molecular formula is C20H33IN4OS. The van der Waals surface area contributed by atoms with Gasteiger partial charge in [-0.15, -0.1) is 35.3 Å². The van der Waals surface area contributed by atoms with Gasteiger partial charge >= 0.3 is 0 Å². The molecule has 0 aromatic carbocycles. The van der Waals surface area contributed by atoms with Crippen LogP contribution in [0.2, 0.25) is 0 Å². The van der Waals surface area contributed by atoms with E-state index in [0.717, 1.165) is 51.8 Å². The minimum atomic E-state index is 0. The molecular weight excluding hydrogens is 471 g/mol. The Bertz CT molecular complexity index is 628. The fraction of sp³-hybridized carbons (Fsp3) is 0.750. The average Bonchev–Trinajstić information content (AvgIpc) is 3.30. The van der Waals surface area contributed by atoms with Gasteiger partial charge in [-0.1, -0.05) is 19.9 Å². The Morgan fingerprint density at radius 1 is 1.33 bits per heavy atom. The molecule has 3 heterocycles. The van der Waals surface area contributed by atoms with Gasteiger partial charge in [0, 0.05) is 68.1 Å². The highest BCUT2D eigenvalue weighted by Gasteiger charge is 2.59. The second-order valence-corrected chi connectivity index (χ2v) is 9.36. The molecule has 1 N–H and O–H groups in total. The van der Waals surface area contributed by atoms with Gasteiger partial charge in [0.2, 0.25) is 0 Å². The van der Waals surface area contributed by atoms with Crippen molar-refractivity contribution in [3.05, 3.63) is 22.4 Å². The highest BCUT2D eigenvalue weighted by molar-refractivity contribution is 14.0. The number of nitrogens with zero attached hydrogens (tertiary/aromatic N) is 3. The minimum absolute atomic E-state index is 0. The van der Waals surface area contributed by atoms with Crippen molar-refractivity contribution in [2.24, 2.45) is 16.3 Å². The second-order valence-electron chi connectivity index (χ2n) is 8.33. The summed E-state index contributed by atoms with van der Waals surface area (Å²) in [5.41, 5.74) is 0.191. The summed E-state index contributed by atoms with van der Waals surface area (Å²) in [6, 6.07) is 4.86. The first-order valence-corrected chi connectivity index (χ1v) is 10.9. The minimum Gasteiger partial charge on any atom is -0.377 e. The molecule has 1 saturated carbocycles. The van der Waals surface area contributed by atoms with E-state index in [2.05, 4.69) is 53.4 Å². The third-order valence-electron chi connectivity index (χ3n) is 6.32. The fourth-order valence-corrected chi connectivity index (χ4v) is 5.63. The number of aliphatic imine (C=N–C) groups is 1. The monoisotopic (exact) mass is 504 g/mol. The molecule has 1 aromatic rings. The predicted molar refractivity (Wildman–Crippen MR) is 123 cm³/mol. The lowest BCUT2D eigenvalue weighted by Gasteiger charge is -2.55. The number of hydrogen-bond donors (Lipinski definition) is 1. The highest BCUT2D eigenvalue weighted by Crippen LogP contribution is 2.52. The number of hydrogen-bond acceptors (Lipinski definition) is 4. The molecule has 3 unspecified atom stereocenters. The molecule has 2 aliphatic heterocycles. The maximum atomic E-state index is 5.95. The van der Waals surface area contributed by atoms with Gasteiger partial charge in [0.1, 0.15) is 0 Å². The van der Waals surface area contributed by atoms with Crippen LogP contribution in [0, 0.1) is 11.3 Å². The Balaban J connectivity index is 0.00000210. The van der Waals surface area contributed by atoms with Crippen LogP contribution in [0.3, 0.4) is 0 Å². The maximum Gasteiger partial charge on any atom is 0.194 e. The number of guanidine groups is 1. The summed E-state index contributed by atoms with van der Waals surface area (Å²) in [5, 5.41) is 5.99. The lowest BCUT2D eigenvalue weighted by atomic mass is 9.57. The van der Waals surface area contributed by atoms with Gasteiger partial charge in [-0.2, -0.15) is 0 Å². The van der Waals surface area contributed by atoms with E-state index in [1.54, 1.807) is 0 Å². The van der Waals surface area contributed by atoms with E-state index in [0.29, 0.717) is 18.1 Å². The molecule has 3 aliphatic rings. The molecule has 3 atom stereocenters. The molecule has 152 valence electrons. The molecule has 5 nitrogen and oxygen atoms in total. The third kappa shape index (κ3) is 4.31. The lowest BCUT2D eigenvalue weighted by Crippen LogP contribution is -2.68. The summed E-state index contributed by atoms with van der Waals surface area (Å²) in [6.45, 7) is 13.9. The fourth-order valence-electron chi connectivity index (χ4n) is 4.88. The van der Waals surface area contributed by atoms with Gasteiger partial charge in [0.25, 0.3) is 0 Å². The van der Waals surface area contributed by atoms with Gasteiger partial charge in [-0.25, -0.2) is 0 Å². The van der Waals surface area contributed by atoms with E-state index in [1.165, 1.54) is 11.3 Å². The second kappa shape index (κ2) is 8.97. The first kappa shape index (κ1) is 21.3. The van der Waals surface area contributed by atoms with E-state index in [-0.39, 0.29) is 29.4 Å². The zero-order chi connectivity index (χ0) is 18.1. The summed E-state index contributed by atoms with van der Waals surface area (Å²) in [5.74, 6) is 1.75. The van der Waals surface area contributed by atoms with Crippen molar-refractivity contribution >= 4 is 41.3 Å². The Morgan fingerprint density at radius 2 is 2.11 bits per heavy atom. The highest BCUT2D eigenvalue weighted by atomic mass is 127. The number of halogens is 1. The Hall–Kier alpha value is -0.380. The first-order chi connectivity index (χ1) is 12.6. The third-order valence-corrected chi connectivity index (χ3v) is 7.19. The van der Waals surface area contributed by atoms with E-state index >= 15 is 0 Å². The summed E-state index contributed by atoms with van der Waals surface area (Å²) in [4.78, 5) is 11.3. The van der Waals surface area contributed by atoms with Gasteiger partial charge in [0.15, 0.2) is 5.96 Å². The summed E-state index contributed by atoms with van der Waals surface area (Å²) < 4.78 is 5.95. The number of thiophene rings is 1. The van der Waals surface area contributed by atoms with Crippen LogP contribution in [-0.2, 0) is 11.3 Å². The van der Waals surface area contributed by atoms with Crippen molar-refractivity contribution < 1.29 is 4.74 Å². The SMILES string of the molecule is CCN=C(NC1C2CCOC2C1(C)C)N1CCN(Cc2cccs2)CC1.I. The standard InChI is InChI=1S/C20H32N4OS.HI/c1-4-21-19(22-17-16-7-12-25-18(16)20(17,2)3)24-10-8-23(9-11-24)14-15-6-5-13-26-15;/h5-6,13,16-18H,4,7-12,14H2,1-3H3,(H,21,22);1H. The Morgan fingerprint density at radius 3 is 2.78 bits per heavy atom. The molecule has 1 aromatic heterocycles. The van der Waals surface area contributed by atoms with Gasteiger partial charge in [-0.3, -0.25) is 9.89 Å². The van der Waals surface area contributed by atoms with Crippen LogP contribution in [0.5, 0.6) is 0 Å². The normalized spacial score (nSPS) is 30.4. The lowest BCUT2D eigenvalue weighted by molar-refractivity contribution is -0.107. The van der Waals surface area contributed by atoms with E-state index in [4.69, 9.17) is 9.73 Å². The van der Waals surface area contributed by atoms with Crippen LogP contribution >= 0.6 is 35.3 Å². The van der Waals surface area contributed by atoms with Crippen molar-refractivity contribution in [1.29, 1.82) is 0 Å². The van der Waals surface area contributed by atoms with Crippen molar-refractivity contribution in [3.63, 3.8) is 0 Å². The molecule has 2 saturated heterocycles. The number of fused-ring (bicyclic) bond motifs is 1. The van der Waals surface area contributed by atoms with Gasteiger partial charge in [0.05, 0.1) is 6.10 Å². The molecule has 0 radical (unpaired) electrons. The molecule has 1 aliphatic carbocycles. The molecule has 0 amide bonds. The molecule has 0 bridgehead atoms. The smallest absolute Gasteiger partial charge is 0.194 e. The largest absolute Gasteiger partial charge is 0.377 e. The Kier molecular flexibility index (Phi) is 7.08. The molecule has 7 heteroatoms. The van der Waals surface area contributed by atoms with Crippen molar-refractivity contribution in [3.8, 4) is 0 Å². The van der Waals surface area contributed by atoms with Crippen LogP contribution in [0.25, 0.3) is 0 Å². The van der Waals surface area contributed by atoms with E-state index in [1.807, 2.05) is 11.3 Å². The zero-order valence-corrected chi connectivity index (χ0v) is 19.8. The summed E-state index contributed by atoms with van der Waals surface area (Å²) in [7, 11) is 0. The molecule has 3 fully saturated rings. The van der Waals surface area contributed by atoms with Crippen molar-refractivity contribution in [1.82, 2.24) is 15.1 Å². The predicted octanol–water partition coefficient (Wildman–Crippen LogP) is 3.26. The van der Waals surface area contributed by atoms with Crippen LogP contribution in [-0.4, -0.2) is 67.2 Å². The molecule has 27 heavy (non-hydrogen) atoms. The van der Waals surface area contributed by atoms with Crippen LogP contribution in [0.15, 0.2) is 22.5 Å². The number of piperazine rings is 1. The number of ether oxygens (including phenoxy) is 1. The van der Waals surface area contributed by atoms with Crippen LogP contribution < -0.4 is 5.32 Å². The summed E-state index contributed by atoms with van der Waals surface area (Å²) in [6.07, 6.45) is 1.60. The zero-order valence-electron chi connectivity index (χ0n) is 16.7. The quantitative estimate of drug-likeness (QED) is 0.388. The number of rotatable bonds is 4. The van der Waals surface area contributed by atoms with Crippen molar-refractivity contribution in [2.45, 2.75) is 45.9 Å². The topological polar surface area (TPSA) is 40.1 Å². The molecule has 4 rings (SSSR count). The summed E-state index contributed by atoms with van der Waals surface area (Å²) >= 11 is 1.86. The average molecular weight is 504 g/mol. The van der Waals surface area contributed by atoms with Crippen LogP contribution in [0.4, 0.5) is 0 Å². The van der Waals surface area contributed by atoms with E-state index in [9.17, 15) is 0 Å². The Labute approximate surface area is 184 Å². The van der Waals surface area contributed by atoms with Crippen LogP contribution in [0.1, 0.15) is 32.1 Å². The number of nitrogens with one attached hydrogen (secondary N) is 1. The first-order valence-electron chi connectivity index (χ1n) is 10.0. The van der Waals surface area contributed by atoms with Crippen molar-refractivity contribution in [2.75, 3.05) is 39.3 Å². The van der Waals surface area contributed by atoms with E-state index < -0.39 is 0 Å². The maximum absolute atomic E-state index is 5.95. The van der Waals surface area contributed by atoms with Gasteiger partial charge < -0.3 is 15.0 Å². The molecule has 0 spiro atoms. The van der Waals surface area contributed by atoms with Gasteiger partial charge in [-0.05, 0) is 24.8 Å².